The Labute approximate surface area is 210 Å². The van der Waals surface area contributed by atoms with Crippen LogP contribution in [0.15, 0.2) is 0 Å². The van der Waals surface area contributed by atoms with E-state index in [1.807, 2.05) is 0 Å². The Hall–Kier alpha value is -0.650. The van der Waals surface area contributed by atoms with Crippen molar-refractivity contribution in [3.63, 3.8) is 0 Å². The predicted molar refractivity (Wildman–Crippen MR) is 131 cm³/mol. The zero-order chi connectivity index (χ0) is 25.1. The summed E-state index contributed by atoms with van der Waals surface area (Å²) in [6.07, 6.45) is 5.41. The molecule has 196 valence electrons. The molecule has 14 atom stereocenters. The van der Waals surface area contributed by atoms with E-state index in [0.717, 1.165) is 38.5 Å². The van der Waals surface area contributed by atoms with E-state index in [2.05, 4.69) is 48.5 Å². The minimum Gasteiger partial charge on any atom is -0.455 e. The molecule has 5 nitrogen and oxygen atoms in total. The van der Waals surface area contributed by atoms with Crippen molar-refractivity contribution in [2.24, 2.45) is 56.7 Å². The third-order valence-corrected chi connectivity index (χ3v) is 14.5. The number of hydrogen-bond donors (Lipinski definition) is 2. The fourth-order valence-corrected chi connectivity index (χ4v) is 12.6. The van der Waals surface area contributed by atoms with Crippen LogP contribution in [0.1, 0.15) is 93.4 Å². The van der Waals surface area contributed by atoms with E-state index < -0.39 is 17.8 Å². The number of hydrogen-bond acceptors (Lipinski definition) is 5. The molecular formula is C30H46O5. The lowest BCUT2D eigenvalue weighted by Gasteiger charge is -2.73. The lowest BCUT2D eigenvalue weighted by molar-refractivity contribution is -0.285. The molecule has 7 rings (SSSR count). The Kier molecular flexibility index (Phi) is 4.23. The SMILES string of the molecule is C[C@H]1[C@H](C)CC[C@@]23CC[C@]4(C)[C@@](OC2=O)([C@H]13)[C@H]1O[C@H]1[C@@H]1[C@@]2(C)C[C@@H](O)[C@H](O)C(C)(C)[C@@H]2CC[C@]14C. The molecule has 2 aliphatic heterocycles. The summed E-state index contributed by atoms with van der Waals surface area (Å²) in [6, 6.07) is 0. The van der Waals surface area contributed by atoms with E-state index in [-0.39, 0.29) is 51.2 Å². The molecule has 1 spiro atoms. The number of carbonyl (C=O) groups is 1. The van der Waals surface area contributed by atoms with Crippen molar-refractivity contribution < 1.29 is 24.5 Å². The van der Waals surface area contributed by atoms with Crippen molar-refractivity contribution >= 4 is 5.97 Å². The van der Waals surface area contributed by atoms with Gasteiger partial charge in [-0.3, -0.25) is 4.79 Å². The Morgan fingerprint density at radius 2 is 1.63 bits per heavy atom. The summed E-state index contributed by atoms with van der Waals surface area (Å²) in [4.78, 5) is 13.8. The molecule has 5 aliphatic carbocycles. The fraction of sp³-hybridized carbons (Fsp3) is 0.967. The van der Waals surface area contributed by atoms with Crippen LogP contribution < -0.4 is 0 Å². The van der Waals surface area contributed by atoms with E-state index in [9.17, 15) is 15.0 Å². The van der Waals surface area contributed by atoms with Crippen LogP contribution in [0.4, 0.5) is 0 Å². The number of fused-ring (bicyclic) bond motifs is 6. The minimum atomic E-state index is -0.711. The van der Waals surface area contributed by atoms with Gasteiger partial charge in [-0.05, 0) is 84.9 Å². The van der Waals surface area contributed by atoms with E-state index in [1.165, 1.54) is 0 Å². The summed E-state index contributed by atoms with van der Waals surface area (Å²) in [5.74, 6) is 1.96. The maximum absolute atomic E-state index is 13.8. The maximum atomic E-state index is 13.8. The predicted octanol–water partition coefficient (Wildman–Crippen LogP) is 4.72. The number of ether oxygens (including phenoxy) is 2. The molecule has 0 aromatic carbocycles. The largest absolute Gasteiger partial charge is 0.455 e. The van der Waals surface area contributed by atoms with Gasteiger partial charge in [0.25, 0.3) is 0 Å². The first-order chi connectivity index (χ1) is 16.2. The molecule has 2 N–H and O–H groups in total. The van der Waals surface area contributed by atoms with Crippen molar-refractivity contribution in [3.05, 3.63) is 0 Å². The molecule has 0 aromatic rings. The molecule has 7 fully saturated rings. The molecule has 0 amide bonds. The first kappa shape index (κ1) is 23.5. The summed E-state index contributed by atoms with van der Waals surface area (Å²) in [5, 5.41) is 22.1. The maximum Gasteiger partial charge on any atom is 0.313 e. The van der Waals surface area contributed by atoms with Crippen LogP contribution in [-0.4, -0.2) is 46.2 Å². The van der Waals surface area contributed by atoms with E-state index in [1.54, 1.807) is 0 Å². The fourth-order valence-electron chi connectivity index (χ4n) is 12.6. The van der Waals surface area contributed by atoms with Crippen molar-refractivity contribution in [2.75, 3.05) is 0 Å². The van der Waals surface area contributed by atoms with Crippen LogP contribution in [0.25, 0.3) is 0 Å². The van der Waals surface area contributed by atoms with Gasteiger partial charge in [-0.15, -0.1) is 0 Å². The van der Waals surface area contributed by atoms with Crippen molar-refractivity contribution in [3.8, 4) is 0 Å². The van der Waals surface area contributed by atoms with Gasteiger partial charge in [0.05, 0.1) is 23.7 Å². The second kappa shape index (κ2) is 6.31. The van der Waals surface area contributed by atoms with Gasteiger partial charge in [0.1, 0.15) is 6.10 Å². The number of carbonyl (C=O) groups excluding carboxylic acids is 1. The Balaban J connectivity index is 1.40. The number of aliphatic hydroxyl groups excluding tert-OH is 2. The van der Waals surface area contributed by atoms with Crippen LogP contribution in [0.2, 0.25) is 0 Å². The van der Waals surface area contributed by atoms with Gasteiger partial charge in [0.15, 0.2) is 5.60 Å². The Bertz CT molecular complexity index is 993. The molecule has 2 saturated heterocycles. The highest BCUT2D eigenvalue weighted by atomic mass is 16.6. The Morgan fingerprint density at radius 3 is 2.34 bits per heavy atom. The topological polar surface area (TPSA) is 79.3 Å². The van der Waals surface area contributed by atoms with Crippen molar-refractivity contribution in [1.29, 1.82) is 0 Å². The summed E-state index contributed by atoms with van der Waals surface area (Å²) in [6.45, 7) is 16.4. The lowest BCUT2D eigenvalue weighted by atomic mass is 9.30. The molecule has 5 saturated carbocycles. The number of epoxide rings is 1. The van der Waals surface area contributed by atoms with E-state index >= 15 is 0 Å². The molecule has 5 heteroatoms. The standard InChI is InChI=1S/C30H46O5/c1-15-8-11-29-13-12-28(7)27(6)10-9-18-25(3,4)22(32)17(31)14-26(18,5)21(27)19-23(34-19)30(28,35-24(29)33)20(29)16(15)2/h15-23,31-32H,8-14H2,1-7H3/t15-,16+,17-,18+,19+,20-,21-,22+,23+,26+,27-,28+,29+,30-/m1/s1. The molecular weight excluding hydrogens is 440 g/mol. The smallest absolute Gasteiger partial charge is 0.313 e. The van der Waals surface area contributed by atoms with E-state index in [0.29, 0.717) is 30.1 Å². The highest BCUT2D eigenvalue weighted by Gasteiger charge is 2.89. The minimum absolute atomic E-state index is 0.0304. The van der Waals surface area contributed by atoms with Crippen LogP contribution in [0.3, 0.4) is 0 Å². The monoisotopic (exact) mass is 486 g/mol. The summed E-state index contributed by atoms with van der Waals surface area (Å²) < 4.78 is 13.6. The van der Waals surface area contributed by atoms with E-state index in [4.69, 9.17) is 9.47 Å². The summed E-state index contributed by atoms with van der Waals surface area (Å²) >= 11 is 0. The molecule has 2 bridgehead atoms. The first-order valence-electron chi connectivity index (χ1n) is 14.5. The zero-order valence-electron chi connectivity index (χ0n) is 22.8. The molecule has 0 radical (unpaired) electrons. The quantitative estimate of drug-likeness (QED) is 0.383. The summed E-state index contributed by atoms with van der Waals surface area (Å²) in [5.41, 5.74) is -1.53. The third kappa shape index (κ3) is 2.19. The van der Waals surface area contributed by atoms with Gasteiger partial charge in [0.2, 0.25) is 0 Å². The number of rotatable bonds is 0. The average molecular weight is 487 g/mol. The van der Waals surface area contributed by atoms with Gasteiger partial charge in [0, 0.05) is 11.3 Å². The first-order valence-corrected chi connectivity index (χ1v) is 14.5. The van der Waals surface area contributed by atoms with Crippen LogP contribution in [0.5, 0.6) is 0 Å². The lowest BCUT2D eigenvalue weighted by Crippen LogP contribution is -2.76. The highest BCUT2D eigenvalue weighted by molar-refractivity contribution is 5.82. The van der Waals surface area contributed by atoms with Crippen molar-refractivity contribution in [1.82, 2.24) is 0 Å². The normalized spacial score (nSPS) is 65.7. The van der Waals surface area contributed by atoms with Gasteiger partial charge < -0.3 is 19.7 Å². The van der Waals surface area contributed by atoms with Crippen LogP contribution in [0, 0.1) is 56.7 Å². The van der Waals surface area contributed by atoms with Gasteiger partial charge in [-0.25, -0.2) is 0 Å². The molecule has 35 heavy (non-hydrogen) atoms. The van der Waals surface area contributed by atoms with Gasteiger partial charge in [-0.1, -0.05) is 48.5 Å². The second-order valence-corrected chi connectivity index (χ2v) is 15.6. The second-order valence-electron chi connectivity index (χ2n) is 15.6. The van der Waals surface area contributed by atoms with Gasteiger partial charge in [-0.2, -0.15) is 0 Å². The number of aliphatic hydroxyl groups is 2. The van der Waals surface area contributed by atoms with Crippen molar-refractivity contribution in [2.45, 2.75) is 123 Å². The molecule has 0 unspecified atom stereocenters. The molecule has 7 aliphatic rings. The number of esters is 1. The van der Waals surface area contributed by atoms with Gasteiger partial charge >= 0.3 is 5.97 Å². The third-order valence-electron chi connectivity index (χ3n) is 14.5. The average Bonchev–Trinajstić information content (AvgIpc) is 3.52. The summed E-state index contributed by atoms with van der Waals surface area (Å²) in [7, 11) is 0. The van der Waals surface area contributed by atoms with Crippen LogP contribution in [-0.2, 0) is 14.3 Å². The molecule has 2 heterocycles. The van der Waals surface area contributed by atoms with Crippen LogP contribution >= 0.6 is 0 Å². The highest BCUT2D eigenvalue weighted by Crippen LogP contribution is 2.83. The Morgan fingerprint density at radius 1 is 0.914 bits per heavy atom. The zero-order valence-corrected chi connectivity index (χ0v) is 22.8. The molecule has 0 aromatic heterocycles.